The fourth-order valence-corrected chi connectivity index (χ4v) is 1.87. The van der Waals surface area contributed by atoms with Gasteiger partial charge in [-0.15, -0.1) is 0 Å². The second kappa shape index (κ2) is 3.54. The maximum absolute atomic E-state index is 12.2. The Hall–Kier alpha value is -1.57. The van der Waals surface area contributed by atoms with Crippen molar-refractivity contribution in [2.45, 2.75) is 25.8 Å². The minimum absolute atomic E-state index is 0.108. The Labute approximate surface area is 90.0 Å². The quantitative estimate of drug-likeness (QED) is 0.675. The van der Waals surface area contributed by atoms with E-state index in [0.717, 1.165) is 11.3 Å². The van der Waals surface area contributed by atoms with Gasteiger partial charge < -0.3 is 0 Å². The van der Waals surface area contributed by atoms with Gasteiger partial charge in [0.25, 0.3) is 0 Å². The Balaban J connectivity index is 2.23. The monoisotopic (exact) mass is 200 g/mol. The highest BCUT2D eigenvalue weighted by Gasteiger charge is 2.37. The van der Waals surface area contributed by atoms with Crippen molar-refractivity contribution >= 4 is 5.78 Å². The molecule has 0 aliphatic carbocycles. The average Bonchev–Trinajstić information content (AvgIpc) is 2.60. The van der Waals surface area contributed by atoms with Crippen LogP contribution in [0.15, 0.2) is 42.1 Å². The summed E-state index contributed by atoms with van der Waals surface area (Å²) in [5.74, 6) is 0.108. The summed E-state index contributed by atoms with van der Waals surface area (Å²) < 4.78 is 0. The Morgan fingerprint density at radius 2 is 2.00 bits per heavy atom. The third-order valence-electron chi connectivity index (χ3n) is 2.74. The third-order valence-corrected chi connectivity index (χ3v) is 2.74. The smallest absolute Gasteiger partial charge is 0.190 e. The van der Waals surface area contributed by atoms with Gasteiger partial charge in [-0.05, 0) is 20.3 Å². The lowest BCUT2D eigenvalue weighted by molar-refractivity contribution is 0.0884. The summed E-state index contributed by atoms with van der Waals surface area (Å²) in [4.78, 5) is 12.2. The van der Waals surface area contributed by atoms with Gasteiger partial charge in [0.2, 0.25) is 0 Å². The van der Waals surface area contributed by atoms with Crippen LogP contribution in [0.3, 0.4) is 0 Å². The van der Waals surface area contributed by atoms with E-state index in [1.54, 1.807) is 0 Å². The van der Waals surface area contributed by atoms with Crippen LogP contribution < -0.4 is 5.32 Å². The van der Waals surface area contributed by atoms with E-state index >= 15 is 0 Å². The van der Waals surface area contributed by atoms with Crippen LogP contribution in [-0.2, 0) is 0 Å². The molecule has 0 bridgehead atoms. The molecule has 15 heavy (non-hydrogen) atoms. The largest absolute Gasteiger partial charge is 0.291 e. The van der Waals surface area contributed by atoms with Crippen LogP contribution >= 0.6 is 0 Å². The van der Waals surface area contributed by atoms with Crippen molar-refractivity contribution in [3.8, 4) is 0 Å². The summed E-state index contributed by atoms with van der Waals surface area (Å²) in [7, 11) is 0. The molecule has 1 aromatic carbocycles. The van der Waals surface area contributed by atoms with Gasteiger partial charge in [0.05, 0.1) is 0 Å². The molecule has 2 rings (SSSR count). The molecule has 0 amide bonds. The molecule has 0 fully saturated rings. The Morgan fingerprint density at radius 3 is 2.53 bits per heavy atom. The highest BCUT2D eigenvalue weighted by molar-refractivity contribution is 6.03. The minimum Gasteiger partial charge on any atom is -0.291 e. The van der Waals surface area contributed by atoms with Crippen LogP contribution in [-0.4, -0.2) is 11.3 Å². The Morgan fingerprint density at radius 1 is 1.33 bits per heavy atom. The first-order chi connectivity index (χ1) is 7.12. The second-order valence-electron chi connectivity index (χ2n) is 4.13. The van der Waals surface area contributed by atoms with Crippen LogP contribution in [0.5, 0.6) is 0 Å². The number of Topliss-reactive ketones (excluding diaryl/α,β-unsaturated/α-hetero) is 1. The Kier molecular flexibility index (Phi) is 2.35. The first-order valence-electron chi connectivity index (χ1n) is 5.11. The summed E-state index contributed by atoms with van der Waals surface area (Å²) in [5, 5.41) is 4.41. The summed E-state index contributed by atoms with van der Waals surface area (Å²) in [5.41, 5.74) is 1.12. The maximum Gasteiger partial charge on any atom is 0.190 e. The molecule has 77 valence electrons. The van der Waals surface area contributed by atoms with E-state index in [9.17, 15) is 4.79 Å². The van der Waals surface area contributed by atoms with Gasteiger partial charge in [-0.2, -0.15) is 0 Å². The molecule has 2 nitrogen and oxygen atoms in total. The van der Waals surface area contributed by atoms with Crippen LogP contribution in [0.2, 0.25) is 0 Å². The molecule has 0 aromatic heterocycles. The van der Waals surface area contributed by atoms with E-state index in [4.69, 9.17) is 0 Å². The summed E-state index contributed by atoms with van der Waals surface area (Å²) in [6, 6.07) is 9.36. The predicted molar refractivity (Wildman–Crippen MR) is 59.7 cm³/mol. The van der Waals surface area contributed by atoms with E-state index < -0.39 is 5.54 Å². The molecule has 1 radical (unpaired) electrons. The number of hydrogen-bond acceptors (Lipinski definition) is 1. The molecule has 2 heteroatoms. The maximum atomic E-state index is 12.2. The molecule has 1 unspecified atom stereocenters. The third kappa shape index (κ3) is 1.80. The highest BCUT2D eigenvalue weighted by atomic mass is 16.1. The molecule has 0 saturated carbocycles. The summed E-state index contributed by atoms with van der Waals surface area (Å²) >= 11 is 0. The summed E-state index contributed by atoms with van der Waals surface area (Å²) in [6.07, 6.45) is 2.73. The van der Waals surface area contributed by atoms with Crippen molar-refractivity contribution < 1.29 is 4.79 Å². The van der Waals surface area contributed by atoms with Crippen LogP contribution in [0.1, 0.15) is 30.6 Å². The van der Waals surface area contributed by atoms with Crippen molar-refractivity contribution in [2.75, 3.05) is 0 Å². The van der Waals surface area contributed by atoms with Gasteiger partial charge in [0.1, 0.15) is 5.54 Å². The fraction of sp³-hybridized carbons (Fsp3) is 0.308. The van der Waals surface area contributed by atoms with E-state index in [-0.39, 0.29) is 5.78 Å². The highest BCUT2D eigenvalue weighted by Crippen LogP contribution is 2.26. The molecule has 1 aliphatic rings. The number of carbonyl (C=O) groups excluding carboxylic acids is 1. The molecular weight excluding hydrogens is 186 g/mol. The first-order valence-corrected chi connectivity index (χ1v) is 5.11. The second-order valence-corrected chi connectivity index (χ2v) is 4.13. The van der Waals surface area contributed by atoms with Crippen molar-refractivity contribution in [2.24, 2.45) is 0 Å². The minimum atomic E-state index is -0.578. The van der Waals surface area contributed by atoms with Crippen molar-refractivity contribution in [1.29, 1.82) is 0 Å². The van der Waals surface area contributed by atoms with E-state index in [1.807, 2.05) is 50.3 Å². The lowest BCUT2D eigenvalue weighted by Crippen LogP contribution is -2.40. The lowest BCUT2D eigenvalue weighted by atomic mass is 9.90. The molecule has 0 N–H and O–H groups in total. The van der Waals surface area contributed by atoms with Crippen LogP contribution in [0.25, 0.3) is 0 Å². The zero-order valence-corrected chi connectivity index (χ0v) is 9.03. The van der Waals surface area contributed by atoms with Gasteiger partial charge in [0.15, 0.2) is 5.78 Å². The molecule has 0 saturated heterocycles. The van der Waals surface area contributed by atoms with Crippen molar-refractivity contribution in [3.63, 3.8) is 0 Å². The molecular formula is C13H14NO. The standard InChI is InChI=1S/C13H14NO/c1-10-8-9-13(2,14-10)12(15)11-6-4-3-5-7-11/h3-8H,9H2,1-2H3. The van der Waals surface area contributed by atoms with Gasteiger partial charge in [-0.3, -0.25) is 10.1 Å². The number of allylic oxidation sites excluding steroid dienone is 1. The zero-order valence-electron chi connectivity index (χ0n) is 9.03. The zero-order chi connectivity index (χ0) is 10.9. The molecule has 1 aliphatic heterocycles. The molecule has 1 atom stereocenters. The topological polar surface area (TPSA) is 31.2 Å². The van der Waals surface area contributed by atoms with Gasteiger partial charge in [0, 0.05) is 11.3 Å². The van der Waals surface area contributed by atoms with Crippen molar-refractivity contribution in [3.05, 3.63) is 47.7 Å². The van der Waals surface area contributed by atoms with Gasteiger partial charge >= 0.3 is 0 Å². The number of hydrogen-bond donors (Lipinski definition) is 0. The van der Waals surface area contributed by atoms with Crippen LogP contribution in [0, 0.1) is 0 Å². The molecule has 0 spiro atoms. The molecule has 1 aromatic rings. The summed E-state index contributed by atoms with van der Waals surface area (Å²) in [6.45, 7) is 3.83. The van der Waals surface area contributed by atoms with Gasteiger partial charge in [-0.1, -0.05) is 36.4 Å². The SMILES string of the molecule is CC1=CCC(C)(C(=O)c2ccccc2)[N]1. The molecule has 1 heterocycles. The fourth-order valence-electron chi connectivity index (χ4n) is 1.87. The van der Waals surface area contributed by atoms with E-state index in [1.165, 1.54) is 0 Å². The average molecular weight is 200 g/mol. The predicted octanol–water partition coefficient (Wildman–Crippen LogP) is 2.54. The number of benzene rings is 1. The number of ketones is 1. The Bertz CT molecular complexity index is 408. The van der Waals surface area contributed by atoms with Gasteiger partial charge in [-0.25, -0.2) is 0 Å². The van der Waals surface area contributed by atoms with Crippen LogP contribution in [0.4, 0.5) is 0 Å². The first kappa shape index (κ1) is 9.97. The van der Waals surface area contributed by atoms with E-state index in [0.29, 0.717) is 6.42 Å². The van der Waals surface area contributed by atoms with Crippen molar-refractivity contribution in [1.82, 2.24) is 5.32 Å². The number of rotatable bonds is 2. The number of nitrogens with zero attached hydrogens (tertiary/aromatic N) is 1. The lowest BCUT2D eigenvalue weighted by Gasteiger charge is -2.21. The normalized spacial score (nSPS) is 24.5. The van der Waals surface area contributed by atoms with E-state index in [2.05, 4.69) is 5.32 Å². The number of carbonyl (C=O) groups is 1.